The molecule has 29 heavy (non-hydrogen) atoms. The van der Waals surface area contributed by atoms with E-state index < -0.39 is 0 Å². The summed E-state index contributed by atoms with van der Waals surface area (Å²) in [5.41, 5.74) is 5.20. The lowest BCUT2D eigenvalue weighted by molar-refractivity contribution is -0.125. The zero-order valence-corrected chi connectivity index (χ0v) is 17.7. The molecule has 4 rings (SSSR count). The van der Waals surface area contributed by atoms with Crippen LogP contribution >= 0.6 is 12.4 Å². The van der Waals surface area contributed by atoms with E-state index in [0.29, 0.717) is 13.1 Å². The van der Waals surface area contributed by atoms with E-state index in [-0.39, 0.29) is 30.2 Å². The molecule has 0 aliphatic carbocycles. The molecule has 8 heteroatoms. The lowest BCUT2D eigenvalue weighted by atomic mass is 9.90. The number of amides is 1. The minimum atomic E-state index is -0.0889. The van der Waals surface area contributed by atoms with E-state index in [1.54, 1.807) is 4.68 Å². The summed E-state index contributed by atoms with van der Waals surface area (Å²) in [6.45, 7) is 6.01. The Hall–Kier alpha value is -2.64. The number of para-hydroxylation sites is 1. The minimum Gasteiger partial charge on any atom is -0.352 e. The van der Waals surface area contributed by atoms with Gasteiger partial charge in [-0.05, 0) is 31.5 Å². The number of rotatable bonds is 5. The quantitative estimate of drug-likeness (QED) is 0.671. The fraction of sp³-hybridized carbons (Fsp3) is 0.381. The van der Waals surface area contributed by atoms with E-state index >= 15 is 0 Å². The highest BCUT2D eigenvalue weighted by atomic mass is 35.5. The topological polar surface area (TPSA) is 76.8 Å². The maximum absolute atomic E-state index is 12.9. The monoisotopic (exact) mass is 414 g/mol. The van der Waals surface area contributed by atoms with Gasteiger partial charge < -0.3 is 10.6 Å². The molecule has 2 atom stereocenters. The summed E-state index contributed by atoms with van der Waals surface area (Å²) in [6.07, 6.45) is 3.85. The van der Waals surface area contributed by atoms with E-state index in [1.807, 2.05) is 68.3 Å². The Morgan fingerprint density at radius 3 is 2.69 bits per heavy atom. The molecule has 2 aromatic heterocycles. The molecule has 1 fully saturated rings. The maximum atomic E-state index is 12.9. The molecule has 1 aromatic carbocycles. The molecule has 1 aliphatic rings. The van der Waals surface area contributed by atoms with Gasteiger partial charge in [-0.15, -0.1) is 12.4 Å². The van der Waals surface area contributed by atoms with Crippen molar-refractivity contribution in [3.63, 3.8) is 0 Å². The van der Waals surface area contributed by atoms with Crippen LogP contribution in [0, 0.1) is 19.8 Å². The van der Waals surface area contributed by atoms with E-state index in [1.165, 1.54) is 0 Å². The molecule has 0 bridgehead atoms. The fourth-order valence-corrected chi connectivity index (χ4v) is 3.99. The summed E-state index contributed by atoms with van der Waals surface area (Å²) in [7, 11) is 1.90. The third-order valence-electron chi connectivity index (χ3n) is 5.59. The van der Waals surface area contributed by atoms with Gasteiger partial charge in [-0.25, -0.2) is 4.68 Å². The average Bonchev–Trinajstić information content (AvgIpc) is 3.40. The number of benzene rings is 1. The molecular formula is C21H27ClN6O. The highest BCUT2D eigenvalue weighted by molar-refractivity contribution is 5.85. The van der Waals surface area contributed by atoms with Crippen molar-refractivity contribution in [2.75, 3.05) is 13.1 Å². The van der Waals surface area contributed by atoms with Gasteiger partial charge >= 0.3 is 0 Å². The van der Waals surface area contributed by atoms with Crippen molar-refractivity contribution in [3.05, 3.63) is 65.2 Å². The van der Waals surface area contributed by atoms with E-state index in [9.17, 15) is 4.79 Å². The molecule has 0 unspecified atom stereocenters. The van der Waals surface area contributed by atoms with Crippen molar-refractivity contribution in [3.8, 4) is 5.69 Å². The fourth-order valence-electron chi connectivity index (χ4n) is 3.99. The van der Waals surface area contributed by atoms with Crippen molar-refractivity contribution >= 4 is 18.3 Å². The predicted molar refractivity (Wildman–Crippen MR) is 114 cm³/mol. The van der Waals surface area contributed by atoms with Crippen LogP contribution in [0.4, 0.5) is 0 Å². The highest BCUT2D eigenvalue weighted by Gasteiger charge is 2.34. The van der Waals surface area contributed by atoms with Crippen LogP contribution in [-0.4, -0.2) is 38.6 Å². The van der Waals surface area contributed by atoms with Gasteiger partial charge in [-0.2, -0.15) is 10.2 Å². The van der Waals surface area contributed by atoms with Crippen molar-refractivity contribution in [2.24, 2.45) is 13.0 Å². The molecule has 1 aliphatic heterocycles. The number of halogens is 1. The average molecular weight is 415 g/mol. The van der Waals surface area contributed by atoms with Crippen LogP contribution < -0.4 is 10.6 Å². The van der Waals surface area contributed by atoms with Crippen molar-refractivity contribution in [2.45, 2.75) is 26.3 Å². The lowest BCUT2D eigenvalue weighted by Gasteiger charge is -2.17. The van der Waals surface area contributed by atoms with Crippen molar-refractivity contribution in [1.29, 1.82) is 0 Å². The van der Waals surface area contributed by atoms with Crippen LogP contribution in [0.25, 0.3) is 5.69 Å². The molecule has 3 aromatic rings. The SMILES string of the molecule is Cc1nn(-c2ccccc2)c(C)c1CNC(=O)[C@H]1CNC[C@@H]1c1cnn(C)c1.Cl. The summed E-state index contributed by atoms with van der Waals surface area (Å²) < 4.78 is 3.72. The molecule has 1 amide bonds. The second-order valence-electron chi connectivity index (χ2n) is 7.43. The Kier molecular flexibility index (Phi) is 6.39. The summed E-state index contributed by atoms with van der Waals surface area (Å²) in [5, 5.41) is 15.4. The first-order valence-corrected chi connectivity index (χ1v) is 9.62. The van der Waals surface area contributed by atoms with Gasteiger partial charge in [0.1, 0.15) is 0 Å². The van der Waals surface area contributed by atoms with E-state index in [2.05, 4.69) is 20.8 Å². The summed E-state index contributed by atoms with van der Waals surface area (Å²) >= 11 is 0. The van der Waals surface area contributed by atoms with Crippen LogP contribution in [0.15, 0.2) is 42.7 Å². The normalized spacial score (nSPS) is 18.4. The molecule has 3 heterocycles. The Morgan fingerprint density at radius 1 is 1.24 bits per heavy atom. The summed E-state index contributed by atoms with van der Waals surface area (Å²) in [4.78, 5) is 12.9. The Labute approximate surface area is 176 Å². The maximum Gasteiger partial charge on any atom is 0.225 e. The Balaban J connectivity index is 0.00000240. The van der Waals surface area contributed by atoms with Gasteiger partial charge in [0.15, 0.2) is 0 Å². The molecule has 1 saturated heterocycles. The van der Waals surface area contributed by atoms with Gasteiger partial charge in [0.2, 0.25) is 5.91 Å². The third kappa shape index (κ3) is 4.21. The number of carbonyl (C=O) groups is 1. The first-order chi connectivity index (χ1) is 13.5. The van der Waals surface area contributed by atoms with Crippen molar-refractivity contribution in [1.82, 2.24) is 30.2 Å². The molecule has 0 radical (unpaired) electrons. The molecule has 0 spiro atoms. The van der Waals surface area contributed by atoms with Gasteiger partial charge in [-0.1, -0.05) is 18.2 Å². The lowest BCUT2D eigenvalue weighted by Crippen LogP contribution is -2.34. The third-order valence-corrected chi connectivity index (χ3v) is 5.59. The van der Waals surface area contributed by atoms with Gasteiger partial charge in [-0.3, -0.25) is 9.48 Å². The number of aromatic nitrogens is 4. The first-order valence-electron chi connectivity index (χ1n) is 9.62. The smallest absolute Gasteiger partial charge is 0.225 e. The van der Waals surface area contributed by atoms with Crippen LogP contribution in [0.3, 0.4) is 0 Å². The molecular weight excluding hydrogens is 388 g/mol. The van der Waals surface area contributed by atoms with Gasteiger partial charge in [0.05, 0.1) is 23.5 Å². The number of nitrogens with zero attached hydrogens (tertiary/aromatic N) is 4. The summed E-state index contributed by atoms with van der Waals surface area (Å²) in [6, 6.07) is 10.1. The van der Waals surface area contributed by atoms with E-state index in [4.69, 9.17) is 0 Å². The standard InChI is InChI=1S/C21H26N6O.ClH/c1-14-18(15(2)27(25-14)17-7-5-4-6-8-17)12-23-21(28)20-11-22-10-19(20)16-9-24-26(3)13-16;/h4-9,13,19-20,22H,10-12H2,1-3H3,(H,23,28);1H/t19-,20+;/m1./s1. The zero-order valence-electron chi connectivity index (χ0n) is 16.9. The van der Waals surface area contributed by atoms with Gasteiger partial charge in [0.25, 0.3) is 0 Å². The number of nitrogens with one attached hydrogen (secondary N) is 2. The van der Waals surface area contributed by atoms with Crippen LogP contribution in [0.1, 0.15) is 28.4 Å². The Bertz CT molecular complexity index is 980. The number of carbonyl (C=O) groups excluding carboxylic acids is 1. The molecule has 154 valence electrons. The van der Waals surface area contributed by atoms with Gasteiger partial charge in [0, 0.05) is 50.1 Å². The molecule has 7 nitrogen and oxygen atoms in total. The number of hydrogen-bond donors (Lipinski definition) is 2. The second kappa shape index (κ2) is 8.80. The first kappa shape index (κ1) is 21.1. The number of hydrogen-bond acceptors (Lipinski definition) is 4. The number of aryl methyl sites for hydroxylation is 2. The summed E-state index contributed by atoms with van der Waals surface area (Å²) in [5.74, 6) is 0.141. The zero-order chi connectivity index (χ0) is 19.7. The Morgan fingerprint density at radius 2 is 2.00 bits per heavy atom. The largest absolute Gasteiger partial charge is 0.352 e. The van der Waals surface area contributed by atoms with Crippen molar-refractivity contribution < 1.29 is 4.79 Å². The second-order valence-corrected chi connectivity index (χ2v) is 7.43. The highest BCUT2D eigenvalue weighted by Crippen LogP contribution is 2.28. The van der Waals surface area contributed by atoms with Crippen LogP contribution in [0.5, 0.6) is 0 Å². The van der Waals surface area contributed by atoms with Crippen LogP contribution in [-0.2, 0) is 18.4 Å². The van der Waals surface area contributed by atoms with Crippen LogP contribution in [0.2, 0.25) is 0 Å². The predicted octanol–water partition coefficient (Wildman–Crippen LogP) is 2.26. The molecule has 2 N–H and O–H groups in total. The minimum absolute atomic E-state index is 0. The van der Waals surface area contributed by atoms with E-state index in [0.717, 1.165) is 34.7 Å². The molecule has 0 saturated carbocycles.